The van der Waals surface area contributed by atoms with Gasteiger partial charge < -0.3 is 9.30 Å². The number of carbonyl (C=O) groups excluding carboxylic acids is 3. The topological polar surface area (TPSA) is 71.8 Å². The minimum Gasteiger partial charge on any atom is -0.465 e. The van der Waals surface area contributed by atoms with Crippen LogP contribution >= 0.6 is 12.2 Å². The van der Waals surface area contributed by atoms with E-state index < -0.39 is 17.8 Å². The Labute approximate surface area is 237 Å². The lowest BCUT2D eigenvalue weighted by molar-refractivity contribution is -0.127. The molecule has 0 radical (unpaired) electrons. The number of aryl methyl sites for hydroxylation is 1. The predicted molar refractivity (Wildman–Crippen MR) is 159 cm³/mol. The quantitative estimate of drug-likeness (QED) is 0.138. The molecular formula is C32H27N3O4S. The highest BCUT2D eigenvalue weighted by molar-refractivity contribution is 7.80. The highest BCUT2D eigenvalue weighted by Crippen LogP contribution is 2.29. The fraction of sp³-hybridized carbons (Fsp3) is 0.125. The number of carbonyl (C=O) groups is 3. The van der Waals surface area contributed by atoms with Crippen molar-refractivity contribution in [3.8, 4) is 16.8 Å². The molecule has 4 aromatic rings. The lowest BCUT2D eigenvalue weighted by Crippen LogP contribution is -2.54. The number of hydrogen-bond donors (Lipinski definition) is 0. The first kappa shape index (κ1) is 26.8. The molecule has 40 heavy (non-hydrogen) atoms. The van der Waals surface area contributed by atoms with Gasteiger partial charge in [-0.05, 0) is 91.3 Å². The van der Waals surface area contributed by atoms with Crippen molar-refractivity contribution >= 4 is 46.9 Å². The molecule has 1 saturated heterocycles. The van der Waals surface area contributed by atoms with Gasteiger partial charge in [-0.2, -0.15) is 0 Å². The van der Waals surface area contributed by atoms with Crippen LogP contribution in [0.3, 0.4) is 0 Å². The molecule has 0 spiro atoms. The highest BCUT2D eigenvalue weighted by Gasteiger charge is 2.38. The van der Waals surface area contributed by atoms with E-state index in [1.807, 2.05) is 38.1 Å². The van der Waals surface area contributed by atoms with Gasteiger partial charge in [-0.1, -0.05) is 42.5 Å². The Kier molecular flexibility index (Phi) is 7.19. The number of hydrogen-bond acceptors (Lipinski definition) is 5. The molecule has 200 valence electrons. The van der Waals surface area contributed by atoms with Crippen LogP contribution in [-0.2, 0) is 14.3 Å². The summed E-state index contributed by atoms with van der Waals surface area (Å²) in [5.74, 6) is -1.50. The van der Waals surface area contributed by atoms with E-state index in [1.165, 1.54) is 16.9 Å². The molecule has 2 amide bonds. The van der Waals surface area contributed by atoms with E-state index in [-0.39, 0.29) is 10.7 Å². The van der Waals surface area contributed by atoms with E-state index in [4.69, 9.17) is 17.0 Å². The second-order valence-corrected chi connectivity index (χ2v) is 9.82. The van der Waals surface area contributed by atoms with Gasteiger partial charge in [0.1, 0.15) is 5.57 Å². The fourth-order valence-corrected chi connectivity index (χ4v) is 5.12. The van der Waals surface area contributed by atoms with Gasteiger partial charge in [-0.3, -0.25) is 19.4 Å². The molecule has 0 bridgehead atoms. The van der Waals surface area contributed by atoms with Crippen LogP contribution in [0.4, 0.5) is 5.69 Å². The van der Waals surface area contributed by atoms with E-state index in [1.54, 1.807) is 37.4 Å². The largest absolute Gasteiger partial charge is 0.465 e. The molecule has 1 fully saturated rings. The zero-order valence-electron chi connectivity index (χ0n) is 22.5. The van der Waals surface area contributed by atoms with Crippen LogP contribution < -0.4 is 4.90 Å². The van der Waals surface area contributed by atoms with E-state index >= 15 is 0 Å². The monoisotopic (exact) mass is 549 g/mol. The molecule has 3 aromatic carbocycles. The van der Waals surface area contributed by atoms with Gasteiger partial charge in [0, 0.05) is 24.1 Å². The molecule has 1 aliphatic rings. The van der Waals surface area contributed by atoms with Crippen LogP contribution in [0.25, 0.3) is 22.9 Å². The molecule has 7 nitrogen and oxygen atoms in total. The molecule has 0 N–H and O–H groups in total. The number of likely N-dealkylation sites (N-methyl/N-ethyl adjacent to an activating group) is 1. The summed E-state index contributed by atoms with van der Waals surface area (Å²) in [7, 11) is 2.84. The second kappa shape index (κ2) is 10.7. The number of esters is 1. The SMILES string of the molecule is COC(=O)c1ccc(N2C(=O)C(=Cc3cc(C)n(-c4ccc(-c5ccccc5)cc4)c3C)C(=O)N(C)C2=S)cc1. The number of nitrogens with zero attached hydrogens (tertiary/aromatic N) is 3. The Morgan fingerprint density at radius 3 is 2.05 bits per heavy atom. The number of amides is 2. The first-order chi connectivity index (χ1) is 19.2. The Hall–Kier alpha value is -4.82. The predicted octanol–water partition coefficient (Wildman–Crippen LogP) is 5.72. The fourth-order valence-electron chi connectivity index (χ4n) is 4.85. The Bertz CT molecular complexity index is 1670. The van der Waals surface area contributed by atoms with E-state index in [2.05, 4.69) is 41.0 Å². The van der Waals surface area contributed by atoms with Crippen molar-refractivity contribution in [3.63, 3.8) is 0 Å². The van der Waals surface area contributed by atoms with Gasteiger partial charge >= 0.3 is 5.97 Å². The maximum Gasteiger partial charge on any atom is 0.337 e. The zero-order valence-corrected chi connectivity index (χ0v) is 23.4. The Morgan fingerprint density at radius 1 is 0.825 bits per heavy atom. The van der Waals surface area contributed by atoms with Crippen LogP contribution in [0.1, 0.15) is 27.3 Å². The first-order valence-corrected chi connectivity index (χ1v) is 13.0. The van der Waals surface area contributed by atoms with Crippen molar-refractivity contribution < 1.29 is 19.1 Å². The summed E-state index contributed by atoms with van der Waals surface area (Å²) in [6.07, 6.45) is 1.62. The minimum absolute atomic E-state index is 0.00665. The maximum absolute atomic E-state index is 13.6. The first-order valence-electron chi connectivity index (χ1n) is 12.6. The summed E-state index contributed by atoms with van der Waals surface area (Å²) < 4.78 is 6.84. The van der Waals surface area contributed by atoms with Crippen LogP contribution in [0.5, 0.6) is 0 Å². The van der Waals surface area contributed by atoms with E-state index in [0.717, 1.165) is 33.8 Å². The number of methoxy groups -OCH3 is 1. The van der Waals surface area contributed by atoms with Crippen molar-refractivity contribution in [1.29, 1.82) is 0 Å². The lowest BCUT2D eigenvalue weighted by Gasteiger charge is -2.34. The number of ether oxygens (including phenoxy) is 1. The molecule has 8 heteroatoms. The van der Waals surface area contributed by atoms with Crippen LogP contribution in [0, 0.1) is 13.8 Å². The smallest absolute Gasteiger partial charge is 0.337 e. The Balaban J connectivity index is 1.49. The summed E-state index contributed by atoms with van der Waals surface area (Å²) in [5, 5.41) is 0.0574. The van der Waals surface area contributed by atoms with Crippen molar-refractivity contribution in [2.45, 2.75) is 13.8 Å². The van der Waals surface area contributed by atoms with Crippen LogP contribution in [0.2, 0.25) is 0 Å². The molecule has 0 aliphatic carbocycles. The van der Waals surface area contributed by atoms with Gasteiger partial charge in [0.05, 0.1) is 18.4 Å². The number of rotatable bonds is 5. The summed E-state index contributed by atoms with van der Waals surface area (Å²) >= 11 is 5.46. The molecule has 1 aromatic heterocycles. The zero-order chi connectivity index (χ0) is 28.6. The highest BCUT2D eigenvalue weighted by atomic mass is 32.1. The summed E-state index contributed by atoms with van der Waals surface area (Å²) in [6.45, 7) is 3.95. The maximum atomic E-state index is 13.6. The van der Waals surface area contributed by atoms with Gasteiger partial charge in [-0.15, -0.1) is 0 Å². The van der Waals surface area contributed by atoms with Crippen LogP contribution in [0.15, 0.2) is 90.5 Å². The molecule has 0 unspecified atom stereocenters. The van der Waals surface area contributed by atoms with Crippen molar-refractivity contribution in [1.82, 2.24) is 9.47 Å². The lowest BCUT2D eigenvalue weighted by atomic mass is 10.1. The van der Waals surface area contributed by atoms with Gasteiger partial charge in [-0.25, -0.2) is 4.79 Å². The van der Waals surface area contributed by atoms with Crippen LogP contribution in [-0.4, -0.2) is 46.5 Å². The average Bonchev–Trinajstić information content (AvgIpc) is 3.26. The third-order valence-corrected chi connectivity index (χ3v) is 7.45. The third-order valence-electron chi connectivity index (χ3n) is 7.00. The summed E-state index contributed by atoms with van der Waals surface area (Å²) in [6, 6.07) is 26.7. The van der Waals surface area contributed by atoms with E-state index in [9.17, 15) is 14.4 Å². The number of thiocarbonyl (C=S) groups is 1. The van der Waals surface area contributed by atoms with E-state index in [0.29, 0.717) is 11.3 Å². The molecule has 2 heterocycles. The standard InChI is InChI=1S/C32H27N3O4S/c1-20-18-25(21(2)34(20)26-14-10-23(11-15-26)22-8-6-5-7-9-22)19-28-29(36)33(3)32(40)35(30(28)37)27-16-12-24(13-17-27)31(38)39-4/h5-19H,1-4H3. The number of aromatic nitrogens is 1. The average molecular weight is 550 g/mol. The molecular weight excluding hydrogens is 522 g/mol. The minimum atomic E-state index is -0.532. The van der Waals surface area contributed by atoms with Gasteiger partial charge in [0.15, 0.2) is 5.11 Å². The molecule has 5 rings (SSSR count). The molecule has 0 atom stereocenters. The van der Waals surface area contributed by atoms with Crippen molar-refractivity contribution in [3.05, 3.63) is 113 Å². The summed E-state index contributed by atoms with van der Waals surface area (Å²) in [5.41, 5.74) is 6.62. The third kappa shape index (κ3) is 4.74. The second-order valence-electron chi connectivity index (χ2n) is 9.46. The normalized spacial score (nSPS) is 14.7. The number of anilines is 1. The Morgan fingerprint density at radius 2 is 1.43 bits per heavy atom. The summed E-state index contributed by atoms with van der Waals surface area (Å²) in [4.78, 5) is 41.3. The molecule has 0 saturated carbocycles. The van der Waals surface area contributed by atoms with Gasteiger partial charge in [0.25, 0.3) is 11.8 Å². The van der Waals surface area contributed by atoms with Gasteiger partial charge in [0.2, 0.25) is 0 Å². The molecule has 1 aliphatic heterocycles. The van der Waals surface area contributed by atoms with Crippen molar-refractivity contribution in [2.75, 3.05) is 19.1 Å². The number of benzene rings is 3. The van der Waals surface area contributed by atoms with Crippen molar-refractivity contribution in [2.24, 2.45) is 0 Å².